The van der Waals surface area contributed by atoms with Crippen LogP contribution in [0.3, 0.4) is 0 Å². The van der Waals surface area contributed by atoms with Crippen molar-refractivity contribution in [3.63, 3.8) is 0 Å². The lowest BCUT2D eigenvalue weighted by molar-refractivity contribution is -0.118. The number of hydrogen-bond donors (Lipinski definition) is 1. The topological polar surface area (TPSA) is 32.3 Å². The zero-order valence-electron chi connectivity index (χ0n) is 10.6. The maximum absolute atomic E-state index is 12.2. The Balaban J connectivity index is 2.32. The molecule has 0 spiro atoms. The van der Waals surface area contributed by atoms with Crippen LogP contribution in [0.15, 0.2) is 24.3 Å². The molecular formula is C14H20N2O. The van der Waals surface area contributed by atoms with Crippen LogP contribution < -0.4 is 10.2 Å². The Morgan fingerprint density at radius 1 is 1.41 bits per heavy atom. The van der Waals surface area contributed by atoms with Crippen LogP contribution in [0.4, 0.5) is 11.4 Å². The molecule has 1 aromatic rings. The van der Waals surface area contributed by atoms with E-state index >= 15 is 0 Å². The van der Waals surface area contributed by atoms with E-state index in [-0.39, 0.29) is 11.9 Å². The summed E-state index contributed by atoms with van der Waals surface area (Å²) in [4.78, 5) is 14.1. The van der Waals surface area contributed by atoms with Gasteiger partial charge in [-0.05, 0) is 25.5 Å². The third kappa shape index (κ3) is 2.60. The zero-order chi connectivity index (χ0) is 12.3. The number of carbonyl (C=O) groups excluding carboxylic acids is 1. The molecule has 0 fully saturated rings. The van der Waals surface area contributed by atoms with Gasteiger partial charge in [0.05, 0.1) is 11.4 Å². The highest BCUT2D eigenvalue weighted by molar-refractivity contribution is 5.98. The van der Waals surface area contributed by atoms with Crippen LogP contribution >= 0.6 is 0 Å². The lowest BCUT2D eigenvalue weighted by Crippen LogP contribution is -2.32. The predicted molar refractivity (Wildman–Crippen MR) is 71.4 cm³/mol. The average Bonchev–Trinajstić information content (AvgIpc) is 2.42. The van der Waals surface area contributed by atoms with Crippen molar-refractivity contribution >= 4 is 17.3 Å². The Morgan fingerprint density at radius 3 is 2.94 bits per heavy atom. The van der Waals surface area contributed by atoms with E-state index in [1.54, 1.807) is 0 Å². The minimum absolute atomic E-state index is 0.204. The van der Waals surface area contributed by atoms with Gasteiger partial charge >= 0.3 is 0 Å². The average molecular weight is 232 g/mol. The smallest absolute Gasteiger partial charge is 0.229 e. The standard InChI is InChI=1S/C14H20N2O/c1-3-4-9-16-13-8-6-5-7-12(13)15-11(2)10-14(16)17/h5-8,11,15H,3-4,9-10H2,1-2H3/t11-/m0/s1. The highest BCUT2D eigenvalue weighted by Crippen LogP contribution is 2.30. The molecule has 1 aromatic carbocycles. The van der Waals surface area contributed by atoms with Crippen LogP contribution in [0.1, 0.15) is 33.1 Å². The molecule has 0 aromatic heterocycles. The Kier molecular flexibility index (Phi) is 3.67. The van der Waals surface area contributed by atoms with Crippen LogP contribution in [0, 0.1) is 0 Å². The number of hydrogen-bond acceptors (Lipinski definition) is 2. The monoisotopic (exact) mass is 232 g/mol. The second-order valence-corrected chi connectivity index (χ2v) is 4.67. The first-order valence-corrected chi connectivity index (χ1v) is 6.38. The van der Waals surface area contributed by atoms with Gasteiger partial charge in [-0.25, -0.2) is 0 Å². The van der Waals surface area contributed by atoms with Gasteiger partial charge in [0.1, 0.15) is 0 Å². The van der Waals surface area contributed by atoms with E-state index in [1.807, 2.05) is 29.2 Å². The van der Waals surface area contributed by atoms with Gasteiger partial charge in [-0.3, -0.25) is 4.79 Å². The molecule has 1 N–H and O–H groups in total. The number of nitrogens with zero attached hydrogens (tertiary/aromatic N) is 1. The maximum atomic E-state index is 12.2. The molecule has 0 saturated heterocycles. The number of fused-ring (bicyclic) bond motifs is 1. The normalized spacial score (nSPS) is 19.5. The molecule has 3 nitrogen and oxygen atoms in total. The molecule has 1 atom stereocenters. The van der Waals surface area contributed by atoms with Gasteiger partial charge in [0.2, 0.25) is 5.91 Å². The van der Waals surface area contributed by atoms with Crippen molar-refractivity contribution in [1.29, 1.82) is 0 Å². The van der Waals surface area contributed by atoms with E-state index in [1.165, 1.54) is 0 Å². The molecule has 1 amide bonds. The fourth-order valence-electron chi connectivity index (χ4n) is 2.22. The molecule has 92 valence electrons. The van der Waals surface area contributed by atoms with E-state index in [0.29, 0.717) is 6.42 Å². The van der Waals surface area contributed by atoms with Gasteiger partial charge in [-0.1, -0.05) is 25.5 Å². The van der Waals surface area contributed by atoms with Gasteiger partial charge in [0.25, 0.3) is 0 Å². The third-order valence-electron chi connectivity index (χ3n) is 3.11. The largest absolute Gasteiger partial charge is 0.380 e. The summed E-state index contributed by atoms with van der Waals surface area (Å²) < 4.78 is 0. The summed E-state index contributed by atoms with van der Waals surface area (Å²) in [6.45, 7) is 5.02. The molecule has 1 heterocycles. The van der Waals surface area contributed by atoms with Crippen molar-refractivity contribution in [2.45, 2.75) is 39.2 Å². The van der Waals surface area contributed by atoms with E-state index < -0.39 is 0 Å². The summed E-state index contributed by atoms with van der Waals surface area (Å²) in [6, 6.07) is 8.27. The summed E-state index contributed by atoms with van der Waals surface area (Å²) in [7, 11) is 0. The lowest BCUT2D eigenvalue weighted by Gasteiger charge is -2.22. The van der Waals surface area contributed by atoms with Crippen LogP contribution in [0.25, 0.3) is 0 Å². The second-order valence-electron chi connectivity index (χ2n) is 4.67. The number of para-hydroxylation sites is 2. The second kappa shape index (κ2) is 5.21. The molecule has 17 heavy (non-hydrogen) atoms. The summed E-state index contributed by atoms with van der Waals surface area (Å²) in [6.07, 6.45) is 2.72. The Hall–Kier alpha value is -1.51. The minimum Gasteiger partial charge on any atom is -0.380 e. The van der Waals surface area contributed by atoms with E-state index in [0.717, 1.165) is 30.8 Å². The van der Waals surface area contributed by atoms with Crippen LogP contribution in [-0.4, -0.2) is 18.5 Å². The fraction of sp³-hybridized carbons (Fsp3) is 0.500. The SMILES string of the molecule is CCCCN1C(=O)C[C@H](C)Nc2ccccc21. The number of anilines is 2. The predicted octanol–water partition coefficient (Wildman–Crippen LogP) is 3.02. The summed E-state index contributed by atoms with van der Waals surface area (Å²) in [5, 5.41) is 3.40. The first-order valence-electron chi connectivity index (χ1n) is 6.38. The maximum Gasteiger partial charge on any atom is 0.229 e. The van der Waals surface area contributed by atoms with Crippen molar-refractivity contribution in [2.75, 3.05) is 16.8 Å². The molecule has 1 aliphatic heterocycles. The molecule has 0 bridgehead atoms. The van der Waals surface area contributed by atoms with Crippen LogP contribution in [0.5, 0.6) is 0 Å². The Bertz CT molecular complexity index is 403. The number of benzene rings is 1. The zero-order valence-corrected chi connectivity index (χ0v) is 10.6. The number of carbonyl (C=O) groups is 1. The molecule has 0 unspecified atom stereocenters. The van der Waals surface area contributed by atoms with Gasteiger partial charge in [-0.2, -0.15) is 0 Å². The third-order valence-corrected chi connectivity index (χ3v) is 3.11. The van der Waals surface area contributed by atoms with Crippen molar-refractivity contribution in [1.82, 2.24) is 0 Å². The molecule has 3 heteroatoms. The van der Waals surface area contributed by atoms with E-state index in [4.69, 9.17) is 0 Å². The number of rotatable bonds is 3. The molecule has 0 radical (unpaired) electrons. The number of nitrogens with one attached hydrogen (secondary N) is 1. The lowest BCUT2D eigenvalue weighted by atomic mass is 10.2. The number of unbranched alkanes of at least 4 members (excludes halogenated alkanes) is 1. The van der Waals surface area contributed by atoms with E-state index in [2.05, 4.69) is 19.2 Å². The first kappa shape index (κ1) is 12.0. The fourth-order valence-corrected chi connectivity index (χ4v) is 2.22. The van der Waals surface area contributed by atoms with Gasteiger partial charge in [0.15, 0.2) is 0 Å². The molecule has 2 rings (SSSR count). The Labute approximate surface area is 103 Å². The molecule has 1 aliphatic rings. The van der Waals surface area contributed by atoms with Crippen LogP contribution in [0.2, 0.25) is 0 Å². The van der Waals surface area contributed by atoms with Crippen LogP contribution in [-0.2, 0) is 4.79 Å². The minimum atomic E-state index is 0.204. The van der Waals surface area contributed by atoms with E-state index in [9.17, 15) is 4.79 Å². The summed E-state index contributed by atoms with van der Waals surface area (Å²) >= 11 is 0. The highest BCUT2D eigenvalue weighted by Gasteiger charge is 2.24. The van der Waals surface area contributed by atoms with Gasteiger partial charge in [0, 0.05) is 19.0 Å². The summed E-state index contributed by atoms with van der Waals surface area (Å²) in [5.41, 5.74) is 2.09. The van der Waals surface area contributed by atoms with Crippen molar-refractivity contribution in [3.8, 4) is 0 Å². The molecular weight excluding hydrogens is 212 g/mol. The van der Waals surface area contributed by atoms with Gasteiger partial charge < -0.3 is 10.2 Å². The highest BCUT2D eigenvalue weighted by atomic mass is 16.2. The van der Waals surface area contributed by atoms with Gasteiger partial charge in [-0.15, -0.1) is 0 Å². The number of amides is 1. The quantitative estimate of drug-likeness (QED) is 0.868. The van der Waals surface area contributed by atoms with Crippen molar-refractivity contribution in [3.05, 3.63) is 24.3 Å². The van der Waals surface area contributed by atoms with Crippen molar-refractivity contribution < 1.29 is 4.79 Å². The Morgan fingerprint density at radius 2 is 2.18 bits per heavy atom. The first-order chi connectivity index (χ1) is 8.22. The molecule has 0 saturated carbocycles. The van der Waals surface area contributed by atoms with Crippen molar-refractivity contribution in [2.24, 2.45) is 0 Å². The molecule has 0 aliphatic carbocycles. The summed E-state index contributed by atoms with van der Waals surface area (Å²) in [5.74, 6) is 0.225.